The van der Waals surface area contributed by atoms with Crippen molar-refractivity contribution < 1.29 is 40.1 Å². The molecule has 0 aromatic carbocycles. The second kappa shape index (κ2) is 6.05. The summed E-state index contributed by atoms with van der Waals surface area (Å²) in [6, 6.07) is 0. The van der Waals surface area contributed by atoms with Crippen molar-refractivity contribution in [2.24, 2.45) is 0 Å². The third-order valence-electron chi connectivity index (χ3n) is 4.58. The van der Waals surface area contributed by atoms with Gasteiger partial charge in [-0.3, -0.25) is 0 Å². The third-order valence-corrected chi connectivity index (χ3v) is 4.58. The van der Waals surface area contributed by atoms with Gasteiger partial charge in [-0.25, -0.2) is 0 Å². The van der Waals surface area contributed by atoms with Crippen LogP contribution in [0.2, 0.25) is 0 Å². The van der Waals surface area contributed by atoms with Crippen LogP contribution in [0.1, 0.15) is 26.2 Å². The van der Waals surface area contributed by atoms with Crippen LogP contribution in [0.25, 0.3) is 0 Å². The Hall–Kier alpha value is -0.320. The molecule has 0 amide bonds. The lowest BCUT2D eigenvalue weighted by molar-refractivity contribution is -0.417. The number of aliphatic hydroxyl groups is 5. The normalized spacial score (nSPS) is 45.6. The van der Waals surface area contributed by atoms with Crippen LogP contribution in [0.5, 0.6) is 0 Å². The van der Waals surface area contributed by atoms with Gasteiger partial charge in [-0.05, 0) is 12.8 Å². The molecule has 1 saturated carbocycles. The number of hydrogen-bond donors (Lipinski definition) is 5. The molecule has 21 heavy (non-hydrogen) atoms. The zero-order valence-corrected chi connectivity index (χ0v) is 12.0. The summed E-state index contributed by atoms with van der Waals surface area (Å²) in [6.45, 7) is 0.847. The van der Waals surface area contributed by atoms with E-state index in [0.717, 1.165) is 0 Å². The molecule has 5 unspecified atom stereocenters. The number of fused-ring (bicyclic) bond motifs is 3. The molecule has 0 aromatic rings. The molecule has 2 saturated heterocycles. The molecule has 3 fully saturated rings. The summed E-state index contributed by atoms with van der Waals surface area (Å²) < 4.78 is 11.2. The average Bonchev–Trinajstić information content (AvgIpc) is 2.50. The van der Waals surface area contributed by atoms with Crippen LogP contribution >= 0.6 is 0 Å². The number of hydrogen-bond acceptors (Lipinski definition) is 7. The first kappa shape index (κ1) is 17.0. The van der Waals surface area contributed by atoms with Crippen molar-refractivity contribution in [2.45, 2.75) is 68.1 Å². The Kier molecular flexibility index (Phi) is 4.91. The van der Waals surface area contributed by atoms with Gasteiger partial charge >= 0.3 is 0 Å². The van der Waals surface area contributed by atoms with Gasteiger partial charge in [0.05, 0.1) is 19.3 Å². The van der Waals surface area contributed by atoms with Crippen molar-refractivity contribution in [2.75, 3.05) is 13.2 Å². The molecule has 2 heterocycles. The highest BCUT2D eigenvalue weighted by atomic mass is 16.7. The minimum Gasteiger partial charge on any atom is -0.439 e. The molecule has 1 aliphatic carbocycles. The van der Waals surface area contributed by atoms with Crippen LogP contribution < -0.4 is 0 Å². The first-order valence-electron chi connectivity index (χ1n) is 7.21. The van der Waals surface area contributed by atoms with Gasteiger partial charge in [-0.2, -0.15) is 0 Å². The minimum absolute atomic E-state index is 0.193. The smallest absolute Gasteiger partial charge is 0.217 e. The number of aliphatic hydroxyl groups excluding tert-OH is 4. The summed E-state index contributed by atoms with van der Waals surface area (Å²) in [5.74, 6) is -1.46. The molecule has 124 valence electrons. The lowest BCUT2D eigenvalue weighted by Gasteiger charge is -2.56. The van der Waals surface area contributed by atoms with Crippen LogP contribution in [-0.2, 0) is 9.47 Å². The Morgan fingerprint density at radius 3 is 2.57 bits per heavy atom. The Bertz CT molecular complexity index is 362. The fourth-order valence-corrected chi connectivity index (χ4v) is 3.13. The van der Waals surface area contributed by atoms with Gasteiger partial charge in [0.2, 0.25) is 11.9 Å². The first-order valence-corrected chi connectivity index (χ1v) is 7.21. The monoisotopic (exact) mass is 309 g/mol. The summed E-state index contributed by atoms with van der Waals surface area (Å²) >= 11 is 0. The first-order chi connectivity index (χ1) is 9.80. The van der Waals surface area contributed by atoms with Crippen LogP contribution in [0, 0.1) is 0 Å². The van der Waals surface area contributed by atoms with E-state index in [1.807, 2.05) is 0 Å². The van der Waals surface area contributed by atoms with Gasteiger partial charge in [-0.15, -0.1) is 0 Å². The molecule has 0 radical (unpaired) electrons. The molecule has 7 N–H and O–H groups in total. The van der Waals surface area contributed by atoms with E-state index in [2.05, 4.69) is 0 Å². The largest absolute Gasteiger partial charge is 0.439 e. The van der Waals surface area contributed by atoms with E-state index in [-0.39, 0.29) is 19.4 Å². The quantitative estimate of drug-likeness (QED) is 0.334. The van der Waals surface area contributed by atoms with Gasteiger partial charge in [0.15, 0.2) is 11.7 Å². The van der Waals surface area contributed by atoms with Crippen molar-refractivity contribution in [3.05, 3.63) is 0 Å². The zero-order valence-electron chi connectivity index (χ0n) is 12.0. The SMILES string of the molecule is CC[C@H]1O[C@]2(OCC(O)C(O)CO)CCC1(O)C([OH2+])C2O. The Balaban J connectivity index is 2.10. The van der Waals surface area contributed by atoms with E-state index in [1.165, 1.54) is 0 Å². The van der Waals surface area contributed by atoms with Crippen LogP contribution in [0.15, 0.2) is 0 Å². The molecule has 8 heteroatoms. The minimum atomic E-state index is -1.46. The number of rotatable bonds is 6. The Labute approximate surface area is 122 Å². The molecule has 3 rings (SSSR count). The summed E-state index contributed by atoms with van der Waals surface area (Å²) in [7, 11) is 0. The lowest BCUT2D eigenvalue weighted by Crippen LogP contribution is -2.75. The van der Waals surface area contributed by atoms with Gasteiger partial charge in [0.25, 0.3) is 0 Å². The maximum atomic E-state index is 10.5. The fourth-order valence-electron chi connectivity index (χ4n) is 3.13. The molecular formula is C13H25O8+. The Morgan fingerprint density at radius 1 is 1.33 bits per heavy atom. The van der Waals surface area contributed by atoms with Gasteiger partial charge in [-0.1, -0.05) is 6.92 Å². The van der Waals surface area contributed by atoms with E-state index in [9.17, 15) is 20.4 Å². The summed E-state index contributed by atoms with van der Waals surface area (Å²) in [5.41, 5.74) is -1.40. The van der Waals surface area contributed by atoms with Crippen molar-refractivity contribution in [1.29, 1.82) is 0 Å². The second-order valence-corrected chi connectivity index (χ2v) is 5.87. The van der Waals surface area contributed by atoms with Crippen LogP contribution in [-0.4, -0.2) is 85.8 Å². The molecule has 2 bridgehead atoms. The van der Waals surface area contributed by atoms with Gasteiger partial charge in [0, 0.05) is 6.42 Å². The van der Waals surface area contributed by atoms with Crippen LogP contribution in [0.3, 0.4) is 0 Å². The van der Waals surface area contributed by atoms with Crippen molar-refractivity contribution >= 4 is 0 Å². The van der Waals surface area contributed by atoms with E-state index in [1.54, 1.807) is 6.92 Å². The fraction of sp³-hybridized carbons (Fsp3) is 1.00. The molecule has 0 aromatic heterocycles. The van der Waals surface area contributed by atoms with E-state index in [0.29, 0.717) is 6.42 Å². The van der Waals surface area contributed by atoms with Crippen LogP contribution in [0.4, 0.5) is 0 Å². The molecule has 0 spiro atoms. The highest BCUT2D eigenvalue weighted by Crippen LogP contribution is 2.48. The topological polar surface area (TPSA) is 143 Å². The highest BCUT2D eigenvalue weighted by Gasteiger charge is 2.68. The molecular weight excluding hydrogens is 284 g/mol. The van der Waals surface area contributed by atoms with Crippen molar-refractivity contribution in [3.63, 3.8) is 0 Å². The molecule has 7 atom stereocenters. The number of ether oxygens (including phenoxy) is 2. The lowest BCUT2D eigenvalue weighted by atomic mass is 9.70. The molecule has 8 nitrogen and oxygen atoms in total. The van der Waals surface area contributed by atoms with E-state index >= 15 is 0 Å². The Morgan fingerprint density at radius 2 is 2.00 bits per heavy atom. The second-order valence-electron chi connectivity index (χ2n) is 5.87. The third kappa shape index (κ3) is 2.71. The van der Waals surface area contributed by atoms with Gasteiger partial charge in [0.1, 0.15) is 12.2 Å². The maximum Gasteiger partial charge on any atom is 0.217 e. The molecule has 3 aliphatic rings. The standard InChI is InChI=1S/C13H24O8/c1-2-9-12(19)3-4-13(21-9,11(18)10(12)17)20-6-8(16)7(15)5-14/h7-11,14-19H,2-6H2,1H3/p+1/t7?,8?,9-,10?,11?,12?,13-/m1/s1. The average molecular weight is 309 g/mol. The van der Waals surface area contributed by atoms with Crippen molar-refractivity contribution in [1.82, 2.24) is 0 Å². The zero-order chi connectivity index (χ0) is 15.8. The maximum absolute atomic E-state index is 10.5. The van der Waals surface area contributed by atoms with Crippen molar-refractivity contribution in [3.8, 4) is 0 Å². The van der Waals surface area contributed by atoms with E-state index < -0.39 is 48.5 Å². The summed E-state index contributed by atoms with van der Waals surface area (Å²) in [4.78, 5) is 0. The van der Waals surface area contributed by atoms with E-state index in [4.69, 9.17) is 19.7 Å². The predicted molar refractivity (Wildman–Crippen MR) is 70.5 cm³/mol. The summed E-state index contributed by atoms with van der Waals surface area (Å²) in [5, 5.41) is 56.4. The molecule has 2 aliphatic heterocycles. The highest BCUT2D eigenvalue weighted by molar-refractivity contribution is 5.11. The van der Waals surface area contributed by atoms with Gasteiger partial charge < -0.3 is 40.1 Å². The predicted octanol–water partition coefficient (Wildman–Crippen LogP) is -2.80. The summed E-state index contributed by atoms with van der Waals surface area (Å²) in [6.07, 6.45) is -4.90.